The SMILES string of the molecule is NC(C(=O)Nc1cc(F)cc(F)c1)C1CCOCC1. The number of hydrogen-bond donors (Lipinski definition) is 2. The van der Waals surface area contributed by atoms with Crippen molar-refractivity contribution in [3.05, 3.63) is 29.8 Å². The minimum Gasteiger partial charge on any atom is -0.381 e. The van der Waals surface area contributed by atoms with Gasteiger partial charge in [0.15, 0.2) is 0 Å². The Hall–Kier alpha value is -1.53. The Kier molecular flexibility index (Phi) is 4.44. The highest BCUT2D eigenvalue weighted by atomic mass is 19.1. The molecule has 0 radical (unpaired) electrons. The molecule has 1 heterocycles. The van der Waals surface area contributed by atoms with Crippen LogP contribution in [-0.2, 0) is 9.53 Å². The van der Waals surface area contributed by atoms with Gasteiger partial charge in [-0.15, -0.1) is 0 Å². The molecule has 1 amide bonds. The predicted octanol–water partition coefficient (Wildman–Crippen LogP) is 1.66. The number of nitrogens with two attached hydrogens (primary N) is 1. The number of anilines is 1. The van der Waals surface area contributed by atoms with Crippen molar-refractivity contribution in [1.29, 1.82) is 0 Å². The molecule has 0 spiro atoms. The van der Waals surface area contributed by atoms with Crippen LogP contribution in [0, 0.1) is 17.6 Å². The van der Waals surface area contributed by atoms with Crippen molar-refractivity contribution in [2.45, 2.75) is 18.9 Å². The van der Waals surface area contributed by atoms with E-state index in [0.717, 1.165) is 18.2 Å². The predicted molar refractivity (Wildman–Crippen MR) is 66.5 cm³/mol. The number of benzene rings is 1. The summed E-state index contributed by atoms with van der Waals surface area (Å²) in [7, 11) is 0. The minimum absolute atomic E-state index is 0.0344. The highest BCUT2D eigenvalue weighted by Gasteiger charge is 2.26. The molecule has 1 atom stereocenters. The van der Waals surface area contributed by atoms with Crippen LogP contribution in [-0.4, -0.2) is 25.2 Å². The van der Waals surface area contributed by atoms with Crippen molar-refractivity contribution in [1.82, 2.24) is 0 Å². The van der Waals surface area contributed by atoms with Crippen LogP contribution < -0.4 is 11.1 Å². The first-order valence-corrected chi connectivity index (χ1v) is 6.16. The fraction of sp³-hybridized carbons (Fsp3) is 0.462. The van der Waals surface area contributed by atoms with E-state index in [-0.39, 0.29) is 11.6 Å². The summed E-state index contributed by atoms with van der Waals surface area (Å²) in [5.41, 5.74) is 5.93. The average Bonchev–Trinajstić information content (AvgIpc) is 2.37. The Morgan fingerprint density at radius 1 is 1.26 bits per heavy atom. The summed E-state index contributed by atoms with van der Waals surface area (Å²) in [5.74, 6) is -1.88. The first-order valence-electron chi connectivity index (χ1n) is 6.16. The van der Waals surface area contributed by atoms with Gasteiger partial charge in [0.1, 0.15) is 11.6 Å². The second kappa shape index (κ2) is 6.08. The number of ether oxygens (including phenoxy) is 1. The lowest BCUT2D eigenvalue weighted by Gasteiger charge is -2.26. The minimum atomic E-state index is -0.741. The van der Waals surface area contributed by atoms with Crippen molar-refractivity contribution >= 4 is 11.6 Å². The van der Waals surface area contributed by atoms with Gasteiger partial charge in [0.05, 0.1) is 6.04 Å². The molecule has 1 fully saturated rings. The van der Waals surface area contributed by atoms with Gasteiger partial charge in [-0.1, -0.05) is 0 Å². The van der Waals surface area contributed by atoms with Gasteiger partial charge < -0.3 is 15.8 Å². The number of nitrogens with one attached hydrogen (secondary N) is 1. The van der Waals surface area contributed by atoms with Crippen LogP contribution in [0.2, 0.25) is 0 Å². The zero-order valence-electron chi connectivity index (χ0n) is 10.4. The Bertz CT molecular complexity index is 442. The highest BCUT2D eigenvalue weighted by molar-refractivity contribution is 5.94. The molecule has 0 aromatic heterocycles. The van der Waals surface area contributed by atoms with Gasteiger partial charge in [-0.3, -0.25) is 4.79 Å². The third-order valence-corrected chi connectivity index (χ3v) is 3.21. The Morgan fingerprint density at radius 3 is 2.42 bits per heavy atom. The molecule has 4 nitrogen and oxygen atoms in total. The summed E-state index contributed by atoms with van der Waals surface area (Å²) >= 11 is 0. The normalized spacial score (nSPS) is 18.1. The van der Waals surface area contributed by atoms with Crippen LogP contribution in [0.25, 0.3) is 0 Å². The topological polar surface area (TPSA) is 64.4 Å². The van der Waals surface area contributed by atoms with E-state index >= 15 is 0 Å². The Balaban J connectivity index is 1.99. The van der Waals surface area contributed by atoms with Gasteiger partial charge in [0.2, 0.25) is 5.91 Å². The van der Waals surface area contributed by atoms with Crippen LogP contribution in [0.15, 0.2) is 18.2 Å². The number of rotatable bonds is 3. The number of carbonyl (C=O) groups excluding carboxylic acids is 1. The summed E-state index contributed by atoms with van der Waals surface area (Å²) in [4.78, 5) is 11.9. The molecule has 6 heteroatoms. The van der Waals surface area contributed by atoms with Crippen molar-refractivity contribution < 1.29 is 18.3 Å². The lowest BCUT2D eigenvalue weighted by molar-refractivity contribution is -0.119. The van der Waals surface area contributed by atoms with Gasteiger partial charge in [-0.2, -0.15) is 0 Å². The first-order chi connectivity index (χ1) is 9.06. The van der Waals surface area contributed by atoms with Crippen LogP contribution in [0.4, 0.5) is 14.5 Å². The van der Waals surface area contributed by atoms with E-state index in [4.69, 9.17) is 10.5 Å². The Labute approximate surface area is 109 Å². The molecule has 19 heavy (non-hydrogen) atoms. The summed E-state index contributed by atoms with van der Waals surface area (Å²) in [6.45, 7) is 1.17. The third-order valence-electron chi connectivity index (χ3n) is 3.21. The third kappa shape index (κ3) is 3.71. The molecule has 0 bridgehead atoms. The standard InChI is InChI=1S/C13H16F2N2O2/c14-9-5-10(15)7-11(6-9)17-13(18)12(16)8-1-3-19-4-2-8/h5-8,12H,1-4,16H2,(H,17,18). The molecule has 1 aliphatic rings. The average molecular weight is 270 g/mol. The molecule has 1 unspecified atom stereocenters. The summed E-state index contributed by atoms with van der Waals surface area (Å²) in [5, 5.41) is 2.44. The van der Waals surface area contributed by atoms with Crippen molar-refractivity contribution in [2.24, 2.45) is 11.7 Å². The molecule has 3 N–H and O–H groups in total. The number of halogens is 2. The van der Waals surface area contributed by atoms with Gasteiger partial charge in [0.25, 0.3) is 0 Å². The van der Waals surface area contributed by atoms with Crippen LogP contribution in [0.3, 0.4) is 0 Å². The van der Waals surface area contributed by atoms with E-state index in [1.165, 1.54) is 0 Å². The summed E-state index contributed by atoms with van der Waals surface area (Å²) < 4.78 is 31.2. The molecule has 0 aliphatic carbocycles. The van der Waals surface area contributed by atoms with Crippen LogP contribution >= 0.6 is 0 Å². The van der Waals surface area contributed by atoms with Gasteiger partial charge in [0, 0.05) is 25.0 Å². The van der Waals surface area contributed by atoms with Gasteiger partial charge in [-0.25, -0.2) is 8.78 Å². The summed E-state index contributed by atoms with van der Waals surface area (Å²) in [6.07, 6.45) is 1.43. The summed E-state index contributed by atoms with van der Waals surface area (Å²) in [6, 6.07) is 2.15. The largest absolute Gasteiger partial charge is 0.381 e. The van der Waals surface area contributed by atoms with Crippen LogP contribution in [0.5, 0.6) is 0 Å². The van der Waals surface area contributed by atoms with Crippen molar-refractivity contribution in [3.63, 3.8) is 0 Å². The molecule has 1 aromatic rings. The zero-order valence-corrected chi connectivity index (χ0v) is 10.4. The molecular formula is C13H16F2N2O2. The fourth-order valence-corrected chi connectivity index (χ4v) is 2.14. The van der Waals surface area contributed by atoms with E-state index in [0.29, 0.717) is 26.1 Å². The lowest BCUT2D eigenvalue weighted by atomic mass is 9.92. The van der Waals surface area contributed by atoms with E-state index in [1.54, 1.807) is 0 Å². The van der Waals surface area contributed by atoms with E-state index in [9.17, 15) is 13.6 Å². The molecule has 1 aliphatic heterocycles. The maximum atomic E-state index is 13.0. The maximum absolute atomic E-state index is 13.0. The van der Waals surface area contributed by atoms with E-state index in [2.05, 4.69) is 5.32 Å². The number of hydrogen-bond acceptors (Lipinski definition) is 3. The quantitative estimate of drug-likeness (QED) is 0.878. The highest BCUT2D eigenvalue weighted by Crippen LogP contribution is 2.19. The number of carbonyl (C=O) groups is 1. The molecule has 2 rings (SSSR count). The number of amides is 1. The van der Waals surface area contributed by atoms with Crippen LogP contribution in [0.1, 0.15) is 12.8 Å². The second-order valence-electron chi connectivity index (χ2n) is 4.62. The second-order valence-corrected chi connectivity index (χ2v) is 4.62. The fourth-order valence-electron chi connectivity index (χ4n) is 2.14. The monoisotopic (exact) mass is 270 g/mol. The van der Waals surface area contributed by atoms with Gasteiger partial charge >= 0.3 is 0 Å². The van der Waals surface area contributed by atoms with E-state index < -0.39 is 23.6 Å². The first kappa shape index (κ1) is 13.9. The van der Waals surface area contributed by atoms with Crippen molar-refractivity contribution in [3.8, 4) is 0 Å². The molecular weight excluding hydrogens is 254 g/mol. The molecule has 104 valence electrons. The Morgan fingerprint density at radius 2 is 1.84 bits per heavy atom. The van der Waals surface area contributed by atoms with Gasteiger partial charge in [-0.05, 0) is 30.9 Å². The lowest BCUT2D eigenvalue weighted by Crippen LogP contribution is -2.44. The zero-order chi connectivity index (χ0) is 13.8. The molecule has 0 saturated carbocycles. The smallest absolute Gasteiger partial charge is 0.241 e. The molecule has 1 aromatic carbocycles. The maximum Gasteiger partial charge on any atom is 0.241 e. The molecule has 1 saturated heterocycles. The van der Waals surface area contributed by atoms with Crippen molar-refractivity contribution in [2.75, 3.05) is 18.5 Å². The van der Waals surface area contributed by atoms with E-state index in [1.807, 2.05) is 0 Å².